The minimum Gasteiger partial charge on any atom is -0.485 e. The van der Waals surface area contributed by atoms with Crippen molar-refractivity contribution in [2.24, 2.45) is 0 Å². The summed E-state index contributed by atoms with van der Waals surface area (Å²) in [5.41, 5.74) is 3.27. The van der Waals surface area contributed by atoms with Crippen molar-refractivity contribution >= 4 is 11.3 Å². The molecule has 0 fully saturated rings. The zero-order chi connectivity index (χ0) is 19.9. The Balaban J connectivity index is 1.56. The lowest BCUT2D eigenvalue weighted by Gasteiger charge is -2.17. The van der Waals surface area contributed by atoms with Crippen molar-refractivity contribution in [1.82, 2.24) is 4.98 Å². The van der Waals surface area contributed by atoms with E-state index in [4.69, 9.17) is 9.47 Å². The third-order valence-corrected chi connectivity index (χ3v) is 6.58. The van der Waals surface area contributed by atoms with Gasteiger partial charge in [0.15, 0.2) is 11.5 Å². The van der Waals surface area contributed by atoms with Crippen molar-refractivity contribution in [2.75, 3.05) is 13.2 Å². The second-order valence-electron chi connectivity index (χ2n) is 7.52. The number of ether oxygens (including phenoxy) is 2. The molecule has 0 aliphatic carbocycles. The van der Waals surface area contributed by atoms with E-state index in [1.807, 2.05) is 35.7 Å². The fraction of sp³-hybridized carbons (Fsp3) is 0.400. The second-order valence-corrected chi connectivity index (χ2v) is 8.63. The minimum absolute atomic E-state index is 0.615. The fourth-order valence-electron chi connectivity index (χ4n) is 3.77. The molecule has 0 bridgehead atoms. The highest BCUT2D eigenvalue weighted by molar-refractivity contribution is 7.16. The number of hydrogen-bond donors (Lipinski definition) is 0. The first kappa shape index (κ1) is 20.0. The summed E-state index contributed by atoms with van der Waals surface area (Å²) in [6, 6.07) is 14.6. The van der Waals surface area contributed by atoms with Gasteiger partial charge in [0.05, 0.1) is 15.4 Å². The van der Waals surface area contributed by atoms with Crippen molar-refractivity contribution in [3.63, 3.8) is 0 Å². The van der Waals surface area contributed by atoms with E-state index in [1.54, 1.807) is 0 Å². The number of nitrogens with zero attached hydrogens (tertiary/aromatic N) is 1. The Kier molecular flexibility index (Phi) is 6.83. The van der Waals surface area contributed by atoms with E-state index in [9.17, 15) is 0 Å². The van der Waals surface area contributed by atoms with Gasteiger partial charge in [0, 0.05) is 11.8 Å². The summed E-state index contributed by atoms with van der Waals surface area (Å²) in [7, 11) is 0. The van der Waals surface area contributed by atoms with Gasteiger partial charge in [-0.25, -0.2) is 0 Å². The zero-order valence-electron chi connectivity index (χ0n) is 17.2. The maximum Gasteiger partial charge on any atom is 0.180 e. The lowest BCUT2D eigenvalue weighted by molar-refractivity contribution is 0.172. The molecule has 29 heavy (non-hydrogen) atoms. The van der Waals surface area contributed by atoms with Gasteiger partial charge in [-0.3, -0.25) is 4.98 Å². The predicted molar refractivity (Wildman–Crippen MR) is 121 cm³/mol. The first-order chi connectivity index (χ1) is 14.4. The van der Waals surface area contributed by atoms with Crippen LogP contribution >= 0.6 is 11.3 Å². The Morgan fingerprint density at radius 2 is 1.62 bits per heavy atom. The van der Waals surface area contributed by atoms with Crippen molar-refractivity contribution in [3.8, 4) is 33.2 Å². The Morgan fingerprint density at radius 3 is 2.45 bits per heavy atom. The minimum atomic E-state index is 0.615. The van der Waals surface area contributed by atoms with Crippen LogP contribution in [0.25, 0.3) is 21.7 Å². The van der Waals surface area contributed by atoms with Crippen molar-refractivity contribution in [3.05, 3.63) is 53.5 Å². The average Bonchev–Trinajstić information content (AvgIpc) is 3.16. The van der Waals surface area contributed by atoms with Crippen molar-refractivity contribution in [2.45, 2.75) is 51.9 Å². The van der Waals surface area contributed by atoms with Gasteiger partial charge in [-0.05, 0) is 30.5 Å². The van der Waals surface area contributed by atoms with E-state index in [-0.39, 0.29) is 0 Å². The third-order valence-electron chi connectivity index (χ3n) is 5.32. The van der Waals surface area contributed by atoms with Crippen LogP contribution in [0.15, 0.2) is 48.7 Å². The highest BCUT2D eigenvalue weighted by Crippen LogP contribution is 2.50. The SMILES string of the molecule is CCCCCCCCc1sc(-c2ccnc(-c3ccccc3)c2)c2c1OCCO2. The molecule has 3 aromatic rings. The van der Waals surface area contributed by atoms with Crippen LogP contribution in [0.2, 0.25) is 0 Å². The molecule has 0 spiro atoms. The van der Waals surface area contributed by atoms with Crippen molar-refractivity contribution in [1.29, 1.82) is 0 Å². The van der Waals surface area contributed by atoms with Crippen LogP contribution < -0.4 is 9.47 Å². The number of aryl methyl sites for hydroxylation is 1. The standard InChI is InChI=1S/C25H29NO2S/c1-2-3-4-5-6-10-13-22-23-24(28-17-16-27-23)25(29-22)20-14-15-26-21(18-20)19-11-8-7-9-12-19/h7-9,11-12,14-15,18H,2-6,10,13,16-17H2,1H3. The molecule has 0 N–H and O–H groups in total. The van der Waals surface area contributed by atoms with Crippen LogP contribution in [-0.4, -0.2) is 18.2 Å². The first-order valence-corrected chi connectivity index (χ1v) is 11.6. The quantitative estimate of drug-likeness (QED) is 0.353. The Morgan fingerprint density at radius 1 is 0.862 bits per heavy atom. The number of benzene rings is 1. The van der Waals surface area contributed by atoms with Gasteiger partial charge in [0.25, 0.3) is 0 Å². The molecule has 1 aliphatic rings. The van der Waals surface area contributed by atoms with Gasteiger partial charge in [-0.2, -0.15) is 0 Å². The molecule has 0 amide bonds. The zero-order valence-corrected chi connectivity index (χ0v) is 18.0. The molecule has 0 saturated heterocycles. The Bertz CT molecular complexity index is 920. The van der Waals surface area contributed by atoms with Crippen LogP contribution in [0.1, 0.15) is 50.3 Å². The predicted octanol–water partition coefficient (Wildman–Crippen LogP) is 7.15. The van der Waals surface area contributed by atoms with Gasteiger partial charge >= 0.3 is 0 Å². The molecule has 1 aromatic carbocycles. The number of hydrogen-bond acceptors (Lipinski definition) is 4. The summed E-state index contributed by atoms with van der Waals surface area (Å²) in [4.78, 5) is 7.06. The summed E-state index contributed by atoms with van der Waals surface area (Å²) in [6.07, 6.45) is 10.8. The molecule has 0 unspecified atom stereocenters. The number of unbranched alkanes of at least 4 members (excludes halogenated alkanes) is 5. The van der Waals surface area contributed by atoms with E-state index in [0.717, 1.165) is 34.7 Å². The van der Waals surface area contributed by atoms with Gasteiger partial charge < -0.3 is 9.47 Å². The molecule has 1 aliphatic heterocycles. The molecule has 0 saturated carbocycles. The number of rotatable bonds is 9. The molecule has 4 heteroatoms. The van der Waals surface area contributed by atoms with E-state index in [2.05, 4.69) is 36.2 Å². The molecular weight excluding hydrogens is 378 g/mol. The van der Waals surface area contributed by atoms with Crippen LogP contribution in [-0.2, 0) is 6.42 Å². The van der Waals surface area contributed by atoms with Gasteiger partial charge in [-0.15, -0.1) is 11.3 Å². The molecule has 0 atom stereocenters. The first-order valence-electron chi connectivity index (χ1n) is 10.8. The van der Waals surface area contributed by atoms with Gasteiger partial charge in [-0.1, -0.05) is 69.4 Å². The number of thiophene rings is 1. The van der Waals surface area contributed by atoms with Crippen LogP contribution in [0.3, 0.4) is 0 Å². The van der Waals surface area contributed by atoms with Gasteiger partial charge in [0.2, 0.25) is 0 Å². The average molecular weight is 408 g/mol. The second kappa shape index (κ2) is 9.93. The summed E-state index contributed by atoms with van der Waals surface area (Å²) in [6.45, 7) is 3.52. The lowest BCUT2D eigenvalue weighted by Crippen LogP contribution is -2.15. The maximum atomic E-state index is 6.06. The summed E-state index contributed by atoms with van der Waals surface area (Å²) in [5, 5.41) is 0. The highest BCUT2D eigenvalue weighted by Gasteiger charge is 2.25. The van der Waals surface area contributed by atoms with E-state index in [1.165, 1.54) is 48.3 Å². The number of fused-ring (bicyclic) bond motifs is 1. The molecule has 4 rings (SSSR count). The summed E-state index contributed by atoms with van der Waals surface area (Å²) in [5.74, 6) is 1.90. The smallest absolute Gasteiger partial charge is 0.180 e. The monoisotopic (exact) mass is 407 g/mol. The van der Waals surface area contributed by atoms with Gasteiger partial charge in [0.1, 0.15) is 13.2 Å². The number of aromatic nitrogens is 1. The van der Waals surface area contributed by atoms with E-state index in [0.29, 0.717) is 13.2 Å². The molecule has 3 heterocycles. The van der Waals surface area contributed by atoms with E-state index < -0.39 is 0 Å². The maximum absolute atomic E-state index is 6.06. The van der Waals surface area contributed by atoms with E-state index >= 15 is 0 Å². The molecule has 2 aromatic heterocycles. The van der Waals surface area contributed by atoms with Crippen LogP contribution in [0.5, 0.6) is 11.5 Å². The highest BCUT2D eigenvalue weighted by atomic mass is 32.1. The molecular formula is C25H29NO2S. The molecule has 152 valence electrons. The number of pyridine rings is 1. The van der Waals surface area contributed by atoms with Crippen molar-refractivity contribution < 1.29 is 9.47 Å². The largest absolute Gasteiger partial charge is 0.485 e. The normalized spacial score (nSPS) is 12.9. The Hall–Kier alpha value is -2.33. The Labute approximate surface area is 177 Å². The summed E-state index contributed by atoms with van der Waals surface area (Å²) >= 11 is 1.82. The third kappa shape index (κ3) is 4.81. The lowest BCUT2D eigenvalue weighted by atomic mass is 10.1. The topological polar surface area (TPSA) is 31.4 Å². The van der Waals surface area contributed by atoms with Crippen LogP contribution in [0.4, 0.5) is 0 Å². The summed E-state index contributed by atoms with van der Waals surface area (Å²) < 4.78 is 12.1. The molecule has 3 nitrogen and oxygen atoms in total. The van der Waals surface area contributed by atoms with Crippen LogP contribution in [0, 0.1) is 0 Å². The fourth-order valence-corrected chi connectivity index (χ4v) is 5.00. The molecule has 0 radical (unpaired) electrons.